The van der Waals surface area contributed by atoms with Crippen LogP contribution in [0.2, 0.25) is 0 Å². The highest BCUT2D eigenvalue weighted by Crippen LogP contribution is 2.53. The van der Waals surface area contributed by atoms with Crippen molar-refractivity contribution in [2.75, 3.05) is 35.3 Å². The van der Waals surface area contributed by atoms with Gasteiger partial charge in [-0.3, -0.25) is 23.7 Å². The van der Waals surface area contributed by atoms with Crippen molar-refractivity contribution in [1.29, 1.82) is 0 Å². The first-order valence-corrected chi connectivity index (χ1v) is 9.27. The van der Waals surface area contributed by atoms with Crippen LogP contribution in [-0.2, 0) is 14.1 Å². The largest absolute Gasteiger partial charge is 0.497 e. The predicted octanol–water partition coefficient (Wildman–Crippen LogP) is 1.03. The molecule has 30 heavy (non-hydrogen) atoms. The average molecular weight is 424 g/mol. The molecule has 2 heterocycles. The first-order valence-electron chi connectivity index (χ1n) is 9.27. The Balaban J connectivity index is 2.47. The number of rotatable bonds is 4. The summed E-state index contributed by atoms with van der Waals surface area (Å²) in [5.74, 6) is -7.18. The molecular formula is C20H26F2N4O4. The third-order valence-corrected chi connectivity index (χ3v) is 5.63. The molecule has 0 radical (unpaired) electrons. The zero-order valence-corrected chi connectivity index (χ0v) is 18.1. The molecule has 0 bridgehead atoms. The number of nitrogens with zero attached hydrogens (tertiary/aromatic N) is 4. The SMILES string of the molecule is COc1ccc(C2c3c(n(C)c(=O)n(C)c3=O)OC(N(C)C)(N(C)C)C2(F)F)cc1. The number of methoxy groups -OCH3 is 1. The van der Waals surface area contributed by atoms with Crippen LogP contribution in [0.25, 0.3) is 0 Å². The quantitative estimate of drug-likeness (QED) is 0.683. The van der Waals surface area contributed by atoms with E-state index in [1.807, 2.05) is 0 Å². The van der Waals surface area contributed by atoms with E-state index in [0.717, 1.165) is 9.13 Å². The van der Waals surface area contributed by atoms with Crippen LogP contribution in [-0.4, -0.2) is 66.0 Å². The molecule has 8 nitrogen and oxygen atoms in total. The lowest BCUT2D eigenvalue weighted by Crippen LogP contribution is -2.74. The van der Waals surface area contributed by atoms with Gasteiger partial charge in [0.25, 0.3) is 11.4 Å². The molecule has 0 saturated carbocycles. The molecule has 0 amide bonds. The van der Waals surface area contributed by atoms with E-state index < -0.39 is 28.9 Å². The van der Waals surface area contributed by atoms with Crippen molar-refractivity contribution >= 4 is 0 Å². The number of alkyl halides is 2. The van der Waals surface area contributed by atoms with Crippen LogP contribution in [0.15, 0.2) is 33.9 Å². The zero-order valence-electron chi connectivity index (χ0n) is 18.1. The van der Waals surface area contributed by atoms with Crippen molar-refractivity contribution in [3.63, 3.8) is 0 Å². The topological polar surface area (TPSA) is 68.9 Å². The molecule has 1 atom stereocenters. The van der Waals surface area contributed by atoms with Crippen molar-refractivity contribution in [2.24, 2.45) is 14.1 Å². The van der Waals surface area contributed by atoms with E-state index in [2.05, 4.69) is 0 Å². The van der Waals surface area contributed by atoms with Crippen molar-refractivity contribution < 1.29 is 18.3 Å². The summed E-state index contributed by atoms with van der Waals surface area (Å²) in [5, 5.41) is 0. The van der Waals surface area contributed by atoms with Gasteiger partial charge in [-0.05, 0) is 45.9 Å². The molecule has 1 aromatic heterocycles. The van der Waals surface area contributed by atoms with Crippen molar-refractivity contribution in [2.45, 2.75) is 17.7 Å². The Morgan fingerprint density at radius 3 is 2.00 bits per heavy atom. The van der Waals surface area contributed by atoms with Crippen molar-refractivity contribution in [3.8, 4) is 11.6 Å². The summed E-state index contributed by atoms with van der Waals surface area (Å²) in [7, 11) is 9.97. The number of halogens is 2. The van der Waals surface area contributed by atoms with Gasteiger partial charge in [0.2, 0.25) is 5.88 Å². The average Bonchev–Trinajstić information content (AvgIpc) is 2.69. The van der Waals surface area contributed by atoms with Crippen LogP contribution in [0, 0.1) is 0 Å². The minimum atomic E-state index is -3.58. The Bertz CT molecular complexity index is 1070. The highest BCUT2D eigenvalue weighted by atomic mass is 19.3. The van der Waals surface area contributed by atoms with Gasteiger partial charge in [-0.2, -0.15) is 8.78 Å². The maximum atomic E-state index is 16.3. The minimum absolute atomic E-state index is 0.183. The number of hydrogen-bond donors (Lipinski definition) is 0. The first-order chi connectivity index (χ1) is 13.9. The monoisotopic (exact) mass is 424 g/mol. The van der Waals surface area contributed by atoms with Gasteiger partial charge in [0.1, 0.15) is 5.75 Å². The third kappa shape index (κ3) is 2.78. The van der Waals surface area contributed by atoms with Crippen LogP contribution in [0.4, 0.5) is 8.78 Å². The Morgan fingerprint density at radius 1 is 1.00 bits per heavy atom. The van der Waals surface area contributed by atoms with Crippen LogP contribution >= 0.6 is 0 Å². The van der Waals surface area contributed by atoms with Crippen LogP contribution in [0.3, 0.4) is 0 Å². The number of ether oxygens (including phenoxy) is 2. The summed E-state index contributed by atoms with van der Waals surface area (Å²) in [6.07, 6.45) is 0. The maximum absolute atomic E-state index is 16.3. The van der Waals surface area contributed by atoms with E-state index in [0.29, 0.717) is 5.75 Å². The van der Waals surface area contributed by atoms with E-state index in [9.17, 15) is 9.59 Å². The fourth-order valence-electron chi connectivity index (χ4n) is 4.15. The first kappa shape index (κ1) is 22.0. The summed E-state index contributed by atoms with van der Waals surface area (Å²) < 4.78 is 45.5. The van der Waals surface area contributed by atoms with E-state index in [1.165, 1.54) is 71.3 Å². The Kier molecular flexibility index (Phi) is 5.28. The smallest absolute Gasteiger partial charge is 0.333 e. The Hall–Kier alpha value is -2.72. The van der Waals surface area contributed by atoms with Gasteiger partial charge in [0.15, 0.2) is 0 Å². The summed E-state index contributed by atoms with van der Waals surface area (Å²) >= 11 is 0. The molecule has 1 aromatic carbocycles. The highest BCUT2D eigenvalue weighted by molar-refractivity contribution is 5.45. The standard InChI is InChI=1S/C20H26F2N4O4/c1-23(2)20(24(3)4)19(21,22)15(12-8-10-13(29-7)11-9-12)14-16(27)25(5)18(28)26(6)17(14)30-20/h8-11,15H,1-7H3. The van der Waals surface area contributed by atoms with Crippen molar-refractivity contribution in [1.82, 2.24) is 18.9 Å². The molecule has 1 unspecified atom stereocenters. The van der Waals surface area contributed by atoms with Gasteiger partial charge in [-0.25, -0.2) is 4.79 Å². The summed E-state index contributed by atoms with van der Waals surface area (Å²) in [6, 6.07) is 6.10. The number of fused-ring (bicyclic) bond motifs is 1. The fourth-order valence-corrected chi connectivity index (χ4v) is 4.15. The number of hydrogen-bond acceptors (Lipinski definition) is 6. The zero-order chi connectivity index (χ0) is 22.6. The second-order valence-electron chi connectivity index (χ2n) is 7.75. The van der Waals surface area contributed by atoms with Gasteiger partial charge >= 0.3 is 11.6 Å². The highest BCUT2D eigenvalue weighted by Gasteiger charge is 2.69. The summed E-state index contributed by atoms with van der Waals surface area (Å²) in [4.78, 5) is 28.0. The molecule has 0 spiro atoms. The van der Waals surface area contributed by atoms with E-state index >= 15 is 8.78 Å². The molecule has 10 heteroatoms. The van der Waals surface area contributed by atoms with Gasteiger partial charge in [-0.1, -0.05) is 12.1 Å². The minimum Gasteiger partial charge on any atom is -0.497 e. The van der Waals surface area contributed by atoms with Crippen LogP contribution < -0.4 is 20.7 Å². The summed E-state index contributed by atoms with van der Waals surface area (Å²) in [5.41, 5.74) is -1.55. The lowest BCUT2D eigenvalue weighted by atomic mass is 9.81. The second kappa shape index (κ2) is 7.21. The number of benzene rings is 1. The molecule has 1 aliphatic rings. The van der Waals surface area contributed by atoms with E-state index in [4.69, 9.17) is 9.47 Å². The number of aromatic nitrogens is 2. The molecule has 0 aliphatic carbocycles. The van der Waals surface area contributed by atoms with Crippen LogP contribution in [0.1, 0.15) is 17.0 Å². The Labute approximate surface area is 172 Å². The van der Waals surface area contributed by atoms with Crippen molar-refractivity contribution in [3.05, 3.63) is 56.2 Å². The third-order valence-electron chi connectivity index (χ3n) is 5.63. The molecule has 0 saturated heterocycles. The van der Waals surface area contributed by atoms with Gasteiger partial charge in [0.05, 0.1) is 18.6 Å². The molecule has 164 valence electrons. The fraction of sp³-hybridized carbons (Fsp3) is 0.500. The van der Waals surface area contributed by atoms with Crippen LogP contribution in [0.5, 0.6) is 11.6 Å². The maximum Gasteiger partial charge on any atom is 0.333 e. The predicted molar refractivity (Wildman–Crippen MR) is 107 cm³/mol. The van der Waals surface area contributed by atoms with Gasteiger partial charge in [-0.15, -0.1) is 0 Å². The molecule has 1 aliphatic heterocycles. The van der Waals surface area contributed by atoms with E-state index in [1.54, 1.807) is 12.1 Å². The van der Waals surface area contributed by atoms with E-state index in [-0.39, 0.29) is 17.0 Å². The normalized spacial score (nSPS) is 19.5. The molecule has 3 rings (SSSR count). The second-order valence-corrected chi connectivity index (χ2v) is 7.75. The molecular weight excluding hydrogens is 398 g/mol. The molecule has 2 aromatic rings. The Morgan fingerprint density at radius 2 is 1.53 bits per heavy atom. The summed E-state index contributed by atoms with van der Waals surface area (Å²) in [6.45, 7) is 0. The van der Waals surface area contributed by atoms with Gasteiger partial charge in [0, 0.05) is 14.1 Å². The van der Waals surface area contributed by atoms with Gasteiger partial charge < -0.3 is 9.47 Å². The lowest BCUT2D eigenvalue weighted by Gasteiger charge is -2.53. The molecule has 0 N–H and O–H groups in total. The lowest BCUT2D eigenvalue weighted by molar-refractivity contribution is -0.307. The molecule has 0 fully saturated rings.